The van der Waals surface area contributed by atoms with Crippen LogP contribution in [0.5, 0.6) is 11.5 Å². The summed E-state index contributed by atoms with van der Waals surface area (Å²) >= 11 is 0. The van der Waals surface area contributed by atoms with Crippen molar-refractivity contribution in [1.82, 2.24) is 10.2 Å². The highest BCUT2D eigenvalue weighted by Crippen LogP contribution is 2.22. The molecule has 0 spiro atoms. The van der Waals surface area contributed by atoms with E-state index in [9.17, 15) is 13.6 Å². The molecule has 0 aromatic heterocycles. The summed E-state index contributed by atoms with van der Waals surface area (Å²) in [5.74, 6) is -1.08. The average molecular weight is 415 g/mol. The van der Waals surface area contributed by atoms with Crippen LogP contribution in [0, 0.1) is 11.6 Å². The standard InChI is InChI=1S/C20H24F2N2O3.ClH/c1-4-23-19(11-12-26-16-9-10-17(21)18(22)13-16)14-5-7-15(8-6-14)27-20(25)24(2)3;/h5-10,13,19,23H,4,11-12H2,1-3H3;1H. The van der Waals surface area contributed by atoms with Crippen molar-refractivity contribution >= 4 is 18.5 Å². The van der Waals surface area contributed by atoms with Gasteiger partial charge in [-0.3, -0.25) is 0 Å². The molecule has 0 fully saturated rings. The zero-order valence-electron chi connectivity index (χ0n) is 16.1. The molecule has 28 heavy (non-hydrogen) atoms. The van der Waals surface area contributed by atoms with Gasteiger partial charge in [0, 0.05) is 32.6 Å². The molecule has 5 nitrogen and oxygen atoms in total. The molecular formula is C20H25ClF2N2O3. The Hall–Kier alpha value is -2.38. The lowest BCUT2D eigenvalue weighted by Gasteiger charge is -2.19. The van der Waals surface area contributed by atoms with Crippen LogP contribution >= 0.6 is 12.4 Å². The van der Waals surface area contributed by atoms with Crippen LogP contribution in [0.1, 0.15) is 24.9 Å². The van der Waals surface area contributed by atoms with E-state index < -0.39 is 17.7 Å². The molecule has 2 aromatic carbocycles. The quantitative estimate of drug-likeness (QED) is 0.687. The maximum absolute atomic E-state index is 13.2. The number of hydrogen-bond acceptors (Lipinski definition) is 4. The molecule has 8 heteroatoms. The van der Waals surface area contributed by atoms with Crippen molar-refractivity contribution in [3.63, 3.8) is 0 Å². The van der Waals surface area contributed by atoms with Gasteiger partial charge in [0.05, 0.1) is 6.61 Å². The first-order valence-corrected chi connectivity index (χ1v) is 8.71. The second kappa shape index (κ2) is 11.5. The van der Waals surface area contributed by atoms with Gasteiger partial charge in [0.15, 0.2) is 11.6 Å². The molecule has 1 amide bonds. The highest BCUT2D eigenvalue weighted by Gasteiger charge is 2.13. The Balaban J connectivity index is 0.00000392. The van der Waals surface area contributed by atoms with Gasteiger partial charge in [-0.25, -0.2) is 13.6 Å². The number of halogens is 3. The predicted octanol–water partition coefficient (Wildman–Crippen LogP) is 4.57. The van der Waals surface area contributed by atoms with Crippen molar-refractivity contribution in [2.24, 2.45) is 0 Å². The van der Waals surface area contributed by atoms with E-state index in [1.807, 2.05) is 19.1 Å². The maximum Gasteiger partial charge on any atom is 0.414 e. The minimum atomic E-state index is -0.932. The summed E-state index contributed by atoms with van der Waals surface area (Å²) in [5.41, 5.74) is 1.01. The number of nitrogens with zero attached hydrogens (tertiary/aromatic N) is 1. The lowest BCUT2D eigenvalue weighted by Crippen LogP contribution is -2.25. The molecule has 0 bridgehead atoms. The van der Waals surface area contributed by atoms with Gasteiger partial charge >= 0.3 is 6.09 Å². The molecule has 0 saturated heterocycles. The Labute approximate surface area is 170 Å². The highest BCUT2D eigenvalue weighted by molar-refractivity contribution is 5.85. The monoisotopic (exact) mass is 414 g/mol. The van der Waals surface area contributed by atoms with Crippen molar-refractivity contribution in [1.29, 1.82) is 0 Å². The van der Waals surface area contributed by atoms with Crippen molar-refractivity contribution in [2.75, 3.05) is 27.2 Å². The number of rotatable bonds is 8. The summed E-state index contributed by atoms with van der Waals surface area (Å²) in [5, 5.41) is 3.35. The van der Waals surface area contributed by atoms with Gasteiger partial charge in [0.1, 0.15) is 11.5 Å². The molecule has 0 saturated carbocycles. The fourth-order valence-electron chi connectivity index (χ4n) is 2.45. The summed E-state index contributed by atoms with van der Waals surface area (Å²) in [4.78, 5) is 12.9. The lowest BCUT2D eigenvalue weighted by molar-refractivity contribution is 0.172. The van der Waals surface area contributed by atoms with E-state index in [1.54, 1.807) is 26.2 Å². The number of carbonyl (C=O) groups is 1. The Morgan fingerprint density at radius 2 is 1.71 bits per heavy atom. The molecule has 0 aliphatic rings. The first-order valence-electron chi connectivity index (χ1n) is 8.71. The van der Waals surface area contributed by atoms with Crippen LogP contribution in [0.25, 0.3) is 0 Å². The zero-order valence-corrected chi connectivity index (χ0v) is 16.9. The molecule has 0 radical (unpaired) electrons. The topological polar surface area (TPSA) is 50.8 Å². The van der Waals surface area contributed by atoms with Crippen LogP contribution in [0.2, 0.25) is 0 Å². The van der Waals surface area contributed by atoms with E-state index >= 15 is 0 Å². The SMILES string of the molecule is CCNC(CCOc1ccc(F)c(F)c1)c1ccc(OC(=O)N(C)C)cc1.Cl. The van der Waals surface area contributed by atoms with Crippen molar-refractivity contribution in [2.45, 2.75) is 19.4 Å². The van der Waals surface area contributed by atoms with Crippen LogP contribution in [0.15, 0.2) is 42.5 Å². The Morgan fingerprint density at radius 1 is 1.07 bits per heavy atom. The molecule has 0 aliphatic carbocycles. The number of ether oxygens (including phenoxy) is 2. The van der Waals surface area contributed by atoms with Gasteiger partial charge in [0.2, 0.25) is 0 Å². The normalized spacial score (nSPS) is 11.3. The van der Waals surface area contributed by atoms with E-state index in [2.05, 4.69) is 5.32 Å². The van der Waals surface area contributed by atoms with Gasteiger partial charge < -0.3 is 19.7 Å². The third kappa shape index (κ3) is 6.98. The summed E-state index contributed by atoms with van der Waals surface area (Å²) in [6.45, 7) is 3.09. The van der Waals surface area contributed by atoms with Crippen LogP contribution in [0.4, 0.5) is 13.6 Å². The molecular weight excluding hydrogens is 390 g/mol. The van der Waals surface area contributed by atoms with Gasteiger partial charge in [-0.05, 0) is 36.4 Å². The number of nitrogens with one attached hydrogen (secondary N) is 1. The minimum absolute atomic E-state index is 0. The second-order valence-corrected chi connectivity index (χ2v) is 6.15. The summed E-state index contributed by atoms with van der Waals surface area (Å²) in [7, 11) is 3.23. The number of carbonyl (C=O) groups excluding carboxylic acids is 1. The fourth-order valence-corrected chi connectivity index (χ4v) is 2.45. The third-order valence-corrected chi connectivity index (χ3v) is 3.87. The molecule has 154 valence electrons. The van der Waals surface area contributed by atoms with Gasteiger partial charge in [-0.2, -0.15) is 0 Å². The average Bonchev–Trinajstić information content (AvgIpc) is 2.64. The summed E-state index contributed by atoms with van der Waals surface area (Å²) in [6, 6.07) is 10.7. The van der Waals surface area contributed by atoms with Crippen LogP contribution in [-0.2, 0) is 0 Å². The van der Waals surface area contributed by atoms with E-state index in [-0.39, 0.29) is 24.2 Å². The van der Waals surface area contributed by atoms with Gasteiger partial charge in [-0.15, -0.1) is 12.4 Å². The van der Waals surface area contributed by atoms with Crippen molar-refractivity contribution in [3.05, 3.63) is 59.7 Å². The maximum atomic E-state index is 13.2. The Kier molecular flexibility index (Phi) is 9.68. The van der Waals surface area contributed by atoms with Gasteiger partial charge in [-0.1, -0.05) is 19.1 Å². The summed E-state index contributed by atoms with van der Waals surface area (Å²) < 4.78 is 36.9. The first kappa shape index (κ1) is 23.7. The van der Waals surface area contributed by atoms with E-state index in [0.717, 1.165) is 24.2 Å². The highest BCUT2D eigenvalue weighted by atomic mass is 35.5. The number of benzene rings is 2. The molecule has 1 atom stereocenters. The largest absolute Gasteiger partial charge is 0.493 e. The predicted molar refractivity (Wildman–Crippen MR) is 106 cm³/mol. The lowest BCUT2D eigenvalue weighted by atomic mass is 10.0. The fraction of sp³-hybridized carbons (Fsp3) is 0.350. The molecule has 0 aliphatic heterocycles. The van der Waals surface area contributed by atoms with Crippen LogP contribution in [-0.4, -0.2) is 38.2 Å². The first-order chi connectivity index (χ1) is 12.9. The number of hydrogen-bond donors (Lipinski definition) is 1. The van der Waals surface area contributed by atoms with Crippen LogP contribution in [0.3, 0.4) is 0 Å². The molecule has 1 unspecified atom stereocenters. The van der Waals surface area contributed by atoms with Crippen molar-refractivity contribution < 1.29 is 23.0 Å². The Morgan fingerprint density at radius 3 is 2.29 bits per heavy atom. The van der Waals surface area contributed by atoms with E-state index in [1.165, 1.54) is 11.0 Å². The van der Waals surface area contributed by atoms with E-state index in [4.69, 9.17) is 9.47 Å². The van der Waals surface area contributed by atoms with Gasteiger partial charge in [0.25, 0.3) is 0 Å². The second-order valence-electron chi connectivity index (χ2n) is 6.15. The van der Waals surface area contributed by atoms with Crippen LogP contribution < -0.4 is 14.8 Å². The molecule has 0 heterocycles. The third-order valence-electron chi connectivity index (χ3n) is 3.87. The minimum Gasteiger partial charge on any atom is -0.493 e. The molecule has 2 aromatic rings. The van der Waals surface area contributed by atoms with E-state index in [0.29, 0.717) is 18.8 Å². The smallest absolute Gasteiger partial charge is 0.414 e. The number of amides is 1. The Bertz CT molecular complexity index is 758. The summed E-state index contributed by atoms with van der Waals surface area (Å²) in [6.07, 6.45) is 0.190. The molecule has 2 rings (SSSR count). The zero-order chi connectivity index (χ0) is 19.8. The molecule has 1 N–H and O–H groups in total. The van der Waals surface area contributed by atoms with Crippen molar-refractivity contribution in [3.8, 4) is 11.5 Å².